The topological polar surface area (TPSA) is 29.5 Å². The van der Waals surface area contributed by atoms with Crippen molar-refractivity contribution >= 4 is 11.6 Å². The molecule has 0 fully saturated rings. The Morgan fingerprint density at radius 1 is 1.58 bits per heavy atom. The summed E-state index contributed by atoms with van der Waals surface area (Å²) < 4.78 is 17.7. The number of halogens is 2. The predicted molar refractivity (Wildman–Crippen MR) is 43.9 cm³/mol. The summed E-state index contributed by atoms with van der Waals surface area (Å²) >= 11 is 5.55. The molecule has 1 N–H and O–H groups in total. The number of rotatable bonds is 2. The van der Waals surface area contributed by atoms with E-state index in [-0.39, 0.29) is 17.4 Å². The molecule has 0 aliphatic carbocycles. The van der Waals surface area contributed by atoms with Gasteiger partial charge in [0.2, 0.25) is 0 Å². The molecular weight excluding hydrogens is 183 g/mol. The first-order chi connectivity index (χ1) is 5.69. The van der Waals surface area contributed by atoms with Gasteiger partial charge in [-0.1, -0.05) is 11.6 Å². The van der Waals surface area contributed by atoms with E-state index in [2.05, 4.69) is 0 Å². The minimum atomic E-state index is -0.561. The maximum absolute atomic E-state index is 13.0. The van der Waals surface area contributed by atoms with Crippen molar-refractivity contribution in [2.75, 3.05) is 7.11 Å². The zero-order chi connectivity index (χ0) is 9.14. The number of aliphatic hydroxyl groups is 1. The van der Waals surface area contributed by atoms with E-state index >= 15 is 0 Å². The molecule has 0 radical (unpaired) electrons. The Kier molecular flexibility index (Phi) is 2.89. The van der Waals surface area contributed by atoms with Gasteiger partial charge in [0.15, 0.2) is 11.6 Å². The predicted octanol–water partition coefficient (Wildman–Crippen LogP) is 1.98. The normalized spacial score (nSPS) is 10.0. The first-order valence-electron chi connectivity index (χ1n) is 3.31. The molecule has 4 heteroatoms. The van der Waals surface area contributed by atoms with Crippen molar-refractivity contribution in [3.8, 4) is 5.75 Å². The minimum absolute atomic E-state index is 0.0434. The zero-order valence-corrected chi connectivity index (χ0v) is 7.23. The number of ether oxygens (including phenoxy) is 1. The summed E-state index contributed by atoms with van der Waals surface area (Å²) in [5.74, 6) is -0.518. The second-order valence-electron chi connectivity index (χ2n) is 2.24. The molecule has 0 unspecified atom stereocenters. The van der Waals surface area contributed by atoms with Crippen LogP contribution in [0.5, 0.6) is 5.75 Å². The Labute approximate surface area is 74.5 Å². The largest absolute Gasteiger partial charge is 0.493 e. The number of benzene rings is 1. The maximum atomic E-state index is 13.0. The third kappa shape index (κ3) is 1.68. The highest BCUT2D eigenvalue weighted by Crippen LogP contribution is 2.26. The van der Waals surface area contributed by atoms with E-state index in [1.807, 2.05) is 0 Å². The quantitative estimate of drug-likeness (QED) is 0.773. The molecule has 0 saturated carbocycles. The summed E-state index contributed by atoms with van der Waals surface area (Å²) in [6.07, 6.45) is 0. The fourth-order valence-electron chi connectivity index (χ4n) is 0.960. The Morgan fingerprint density at radius 2 is 2.25 bits per heavy atom. The van der Waals surface area contributed by atoms with E-state index < -0.39 is 5.82 Å². The molecule has 1 aromatic rings. The van der Waals surface area contributed by atoms with Crippen LogP contribution >= 0.6 is 11.6 Å². The lowest BCUT2D eigenvalue weighted by Crippen LogP contribution is -1.95. The third-order valence-electron chi connectivity index (χ3n) is 1.46. The molecule has 0 heterocycles. The van der Waals surface area contributed by atoms with Gasteiger partial charge in [0.25, 0.3) is 0 Å². The lowest BCUT2D eigenvalue weighted by molar-refractivity contribution is 0.271. The lowest BCUT2D eigenvalue weighted by Gasteiger charge is -2.07. The molecule has 66 valence electrons. The summed E-state index contributed by atoms with van der Waals surface area (Å²) in [5.41, 5.74) is 0.350. The van der Waals surface area contributed by atoms with E-state index in [1.165, 1.54) is 13.2 Å². The SMILES string of the molecule is COc1c(F)cc(Cl)cc1CO. The van der Waals surface area contributed by atoms with Crippen LogP contribution in [0, 0.1) is 5.82 Å². The average Bonchev–Trinajstić information content (AvgIpc) is 2.03. The third-order valence-corrected chi connectivity index (χ3v) is 1.68. The van der Waals surface area contributed by atoms with Crippen LogP contribution < -0.4 is 4.74 Å². The lowest BCUT2D eigenvalue weighted by atomic mass is 10.2. The van der Waals surface area contributed by atoms with Crippen LogP contribution in [-0.4, -0.2) is 12.2 Å². The van der Waals surface area contributed by atoms with Gasteiger partial charge in [0.1, 0.15) is 0 Å². The number of hydrogen-bond donors (Lipinski definition) is 1. The molecule has 0 bridgehead atoms. The molecule has 1 aromatic carbocycles. The van der Waals surface area contributed by atoms with Crippen molar-refractivity contribution in [1.29, 1.82) is 0 Å². The number of aliphatic hydroxyl groups excluding tert-OH is 1. The van der Waals surface area contributed by atoms with Crippen LogP contribution in [0.4, 0.5) is 4.39 Å². The Morgan fingerprint density at radius 3 is 2.75 bits per heavy atom. The van der Waals surface area contributed by atoms with Crippen LogP contribution in [0.3, 0.4) is 0 Å². The highest BCUT2D eigenvalue weighted by atomic mass is 35.5. The van der Waals surface area contributed by atoms with Crippen molar-refractivity contribution < 1.29 is 14.2 Å². The molecular formula is C8H8ClFO2. The Balaban J connectivity index is 3.24. The van der Waals surface area contributed by atoms with E-state index in [9.17, 15) is 4.39 Å². The van der Waals surface area contributed by atoms with Crippen molar-refractivity contribution in [2.24, 2.45) is 0 Å². The van der Waals surface area contributed by atoms with Gasteiger partial charge in [0, 0.05) is 10.6 Å². The van der Waals surface area contributed by atoms with Crippen LogP contribution in [0.1, 0.15) is 5.56 Å². The molecule has 0 aliphatic rings. The molecule has 0 saturated heterocycles. The van der Waals surface area contributed by atoms with E-state index in [0.29, 0.717) is 5.56 Å². The second-order valence-corrected chi connectivity index (χ2v) is 2.67. The smallest absolute Gasteiger partial charge is 0.166 e. The van der Waals surface area contributed by atoms with Crippen molar-refractivity contribution in [1.82, 2.24) is 0 Å². The van der Waals surface area contributed by atoms with Gasteiger partial charge in [-0.2, -0.15) is 0 Å². The first-order valence-corrected chi connectivity index (χ1v) is 3.69. The summed E-state index contributed by atoms with van der Waals surface area (Å²) in [6.45, 7) is -0.291. The first kappa shape index (κ1) is 9.29. The molecule has 0 atom stereocenters. The van der Waals surface area contributed by atoms with Crippen LogP contribution in [0.2, 0.25) is 5.02 Å². The van der Waals surface area contributed by atoms with Gasteiger partial charge in [-0.25, -0.2) is 4.39 Å². The van der Waals surface area contributed by atoms with Crippen LogP contribution in [-0.2, 0) is 6.61 Å². The highest BCUT2D eigenvalue weighted by Gasteiger charge is 2.09. The number of methoxy groups -OCH3 is 1. The van der Waals surface area contributed by atoms with Gasteiger partial charge in [-0.05, 0) is 12.1 Å². The molecule has 0 amide bonds. The van der Waals surface area contributed by atoms with Gasteiger partial charge in [-0.15, -0.1) is 0 Å². The van der Waals surface area contributed by atoms with Gasteiger partial charge >= 0.3 is 0 Å². The summed E-state index contributed by atoms with van der Waals surface area (Å²) in [6, 6.07) is 2.60. The van der Waals surface area contributed by atoms with Crippen molar-refractivity contribution in [3.05, 3.63) is 28.5 Å². The van der Waals surface area contributed by atoms with Gasteiger partial charge in [0.05, 0.1) is 13.7 Å². The van der Waals surface area contributed by atoms with E-state index in [0.717, 1.165) is 6.07 Å². The average molecular weight is 191 g/mol. The summed E-state index contributed by atoms with van der Waals surface area (Å²) in [7, 11) is 1.34. The molecule has 0 aliphatic heterocycles. The molecule has 12 heavy (non-hydrogen) atoms. The molecule has 0 aromatic heterocycles. The van der Waals surface area contributed by atoms with Gasteiger partial charge in [-0.3, -0.25) is 0 Å². The zero-order valence-electron chi connectivity index (χ0n) is 6.47. The van der Waals surface area contributed by atoms with Crippen LogP contribution in [0.25, 0.3) is 0 Å². The number of hydrogen-bond acceptors (Lipinski definition) is 2. The van der Waals surface area contributed by atoms with Crippen molar-refractivity contribution in [3.63, 3.8) is 0 Å². The molecule has 2 nitrogen and oxygen atoms in total. The Bertz CT molecular complexity index is 289. The monoisotopic (exact) mass is 190 g/mol. The summed E-state index contributed by atoms with van der Waals surface area (Å²) in [5, 5.41) is 9.04. The molecule has 0 spiro atoms. The van der Waals surface area contributed by atoms with Crippen molar-refractivity contribution in [2.45, 2.75) is 6.61 Å². The second kappa shape index (κ2) is 3.74. The highest BCUT2D eigenvalue weighted by molar-refractivity contribution is 6.30. The molecule has 1 rings (SSSR count). The maximum Gasteiger partial charge on any atom is 0.166 e. The fraction of sp³-hybridized carbons (Fsp3) is 0.250. The standard InChI is InChI=1S/C8H8ClFO2/c1-12-8-5(4-11)2-6(9)3-7(8)10/h2-3,11H,4H2,1H3. The van der Waals surface area contributed by atoms with Crippen LogP contribution in [0.15, 0.2) is 12.1 Å². The van der Waals surface area contributed by atoms with E-state index in [4.69, 9.17) is 21.4 Å². The van der Waals surface area contributed by atoms with Gasteiger partial charge < -0.3 is 9.84 Å². The minimum Gasteiger partial charge on any atom is -0.493 e. The van der Waals surface area contributed by atoms with E-state index in [1.54, 1.807) is 0 Å². The summed E-state index contributed by atoms with van der Waals surface area (Å²) in [4.78, 5) is 0. The fourth-order valence-corrected chi connectivity index (χ4v) is 1.19. The Hall–Kier alpha value is -0.800.